The molecule has 0 radical (unpaired) electrons. The number of rotatable bonds is 6. The SMILES string of the molecule is O=C(C1CCN(Cc2ccc(OCc3ccccc3)cc2)CC1)N1CCOCC1.O=C(O)C(=O)O. The fourth-order valence-electron chi connectivity index (χ4n) is 4.07. The predicted octanol–water partition coefficient (Wildman–Crippen LogP) is 2.49. The first-order valence-electron chi connectivity index (χ1n) is 11.7. The van der Waals surface area contributed by atoms with E-state index in [1.54, 1.807) is 0 Å². The van der Waals surface area contributed by atoms with Crippen molar-refractivity contribution >= 4 is 17.8 Å². The summed E-state index contributed by atoms with van der Waals surface area (Å²) in [5.74, 6) is -2.25. The lowest BCUT2D eigenvalue weighted by Crippen LogP contribution is -2.46. The molecule has 35 heavy (non-hydrogen) atoms. The summed E-state index contributed by atoms with van der Waals surface area (Å²) in [7, 11) is 0. The number of carbonyl (C=O) groups excluding carboxylic acids is 1. The van der Waals surface area contributed by atoms with E-state index in [0.717, 1.165) is 51.3 Å². The minimum Gasteiger partial charge on any atom is -0.489 e. The lowest BCUT2D eigenvalue weighted by molar-refractivity contribution is -0.159. The molecule has 2 N–H and O–H groups in total. The average molecular weight is 485 g/mol. The fourth-order valence-corrected chi connectivity index (χ4v) is 4.07. The second-order valence-corrected chi connectivity index (χ2v) is 8.52. The molecule has 2 heterocycles. The summed E-state index contributed by atoms with van der Waals surface area (Å²) in [6.07, 6.45) is 1.91. The molecule has 1 amide bonds. The Labute approximate surface area is 204 Å². The van der Waals surface area contributed by atoms with Crippen LogP contribution in [0.15, 0.2) is 54.6 Å². The Morgan fingerprint density at radius 1 is 0.829 bits per heavy atom. The van der Waals surface area contributed by atoms with E-state index in [4.69, 9.17) is 29.3 Å². The van der Waals surface area contributed by atoms with Crippen molar-refractivity contribution in [2.24, 2.45) is 5.92 Å². The Kier molecular flexibility index (Phi) is 10.1. The van der Waals surface area contributed by atoms with Gasteiger partial charge in [-0.2, -0.15) is 0 Å². The summed E-state index contributed by atoms with van der Waals surface area (Å²) in [5, 5.41) is 14.8. The summed E-state index contributed by atoms with van der Waals surface area (Å²) >= 11 is 0. The van der Waals surface area contributed by atoms with E-state index in [-0.39, 0.29) is 5.92 Å². The van der Waals surface area contributed by atoms with E-state index in [2.05, 4.69) is 29.2 Å². The highest BCUT2D eigenvalue weighted by molar-refractivity contribution is 6.27. The van der Waals surface area contributed by atoms with Crippen LogP contribution in [-0.4, -0.2) is 77.3 Å². The molecule has 0 aliphatic carbocycles. The molecule has 2 fully saturated rings. The van der Waals surface area contributed by atoms with Gasteiger partial charge in [-0.3, -0.25) is 9.69 Å². The van der Waals surface area contributed by atoms with Gasteiger partial charge >= 0.3 is 11.9 Å². The van der Waals surface area contributed by atoms with Gasteiger partial charge in [0, 0.05) is 25.6 Å². The molecule has 2 aromatic rings. The van der Waals surface area contributed by atoms with E-state index in [9.17, 15) is 4.79 Å². The molecule has 0 unspecified atom stereocenters. The maximum atomic E-state index is 12.7. The number of benzene rings is 2. The van der Waals surface area contributed by atoms with Crippen molar-refractivity contribution in [1.82, 2.24) is 9.80 Å². The molecule has 4 rings (SSSR count). The molecular weight excluding hydrogens is 452 g/mol. The van der Waals surface area contributed by atoms with Crippen LogP contribution in [0.3, 0.4) is 0 Å². The minimum atomic E-state index is -1.82. The van der Waals surface area contributed by atoms with Crippen molar-refractivity contribution in [3.05, 3.63) is 65.7 Å². The van der Waals surface area contributed by atoms with Gasteiger partial charge < -0.3 is 24.6 Å². The number of piperidine rings is 1. The van der Waals surface area contributed by atoms with E-state index < -0.39 is 11.9 Å². The number of morpholine rings is 1. The third-order valence-corrected chi connectivity index (χ3v) is 6.02. The number of likely N-dealkylation sites (tertiary alicyclic amines) is 1. The molecule has 2 saturated heterocycles. The van der Waals surface area contributed by atoms with Gasteiger partial charge in [0.25, 0.3) is 0 Å². The minimum absolute atomic E-state index is 0.179. The number of carboxylic acids is 2. The van der Waals surface area contributed by atoms with Crippen LogP contribution in [0, 0.1) is 5.92 Å². The number of carboxylic acid groups (broad SMARTS) is 2. The van der Waals surface area contributed by atoms with E-state index >= 15 is 0 Å². The maximum absolute atomic E-state index is 12.7. The first-order valence-corrected chi connectivity index (χ1v) is 11.7. The van der Waals surface area contributed by atoms with Gasteiger partial charge in [0.1, 0.15) is 12.4 Å². The van der Waals surface area contributed by atoms with Crippen LogP contribution in [0.4, 0.5) is 0 Å². The molecule has 0 atom stereocenters. The third kappa shape index (κ3) is 8.70. The smallest absolute Gasteiger partial charge is 0.414 e. The molecule has 0 aromatic heterocycles. The largest absolute Gasteiger partial charge is 0.489 e. The molecule has 0 bridgehead atoms. The van der Waals surface area contributed by atoms with Crippen molar-refractivity contribution in [2.45, 2.75) is 26.0 Å². The van der Waals surface area contributed by atoms with Crippen molar-refractivity contribution < 1.29 is 34.1 Å². The van der Waals surface area contributed by atoms with Crippen LogP contribution < -0.4 is 4.74 Å². The molecule has 9 nitrogen and oxygen atoms in total. The summed E-state index contributed by atoms with van der Waals surface area (Å²) < 4.78 is 11.2. The molecule has 2 aliphatic heterocycles. The lowest BCUT2D eigenvalue weighted by atomic mass is 9.94. The van der Waals surface area contributed by atoms with Gasteiger partial charge in [-0.15, -0.1) is 0 Å². The van der Waals surface area contributed by atoms with Crippen molar-refractivity contribution in [2.75, 3.05) is 39.4 Å². The average Bonchev–Trinajstić information content (AvgIpc) is 2.90. The standard InChI is InChI=1S/C24H30N2O3.C2H2O4/c27-24(26-14-16-28-17-15-26)22-10-12-25(13-11-22)18-20-6-8-23(9-7-20)29-19-21-4-2-1-3-5-21;3-1(4)2(5)6/h1-9,22H,10-19H2;(H,3,4)(H,5,6). The number of amides is 1. The number of ether oxygens (including phenoxy) is 2. The number of carbonyl (C=O) groups is 3. The molecule has 9 heteroatoms. The van der Waals surface area contributed by atoms with Gasteiger partial charge in [0.05, 0.1) is 13.2 Å². The van der Waals surface area contributed by atoms with E-state index in [1.807, 2.05) is 35.2 Å². The van der Waals surface area contributed by atoms with Crippen LogP contribution in [0.25, 0.3) is 0 Å². The molecule has 2 aromatic carbocycles. The van der Waals surface area contributed by atoms with Gasteiger partial charge in [-0.1, -0.05) is 42.5 Å². The van der Waals surface area contributed by atoms with Gasteiger partial charge in [0.15, 0.2) is 0 Å². The normalized spacial score (nSPS) is 16.6. The third-order valence-electron chi connectivity index (χ3n) is 6.02. The zero-order valence-electron chi connectivity index (χ0n) is 19.7. The number of aliphatic carboxylic acids is 2. The summed E-state index contributed by atoms with van der Waals surface area (Å²) in [4.78, 5) is 35.3. The van der Waals surface area contributed by atoms with Crippen molar-refractivity contribution in [1.29, 1.82) is 0 Å². The first kappa shape index (κ1) is 26.2. The fraction of sp³-hybridized carbons (Fsp3) is 0.423. The van der Waals surface area contributed by atoms with Crippen molar-refractivity contribution in [3.63, 3.8) is 0 Å². The Bertz CT molecular complexity index is 939. The highest BCUT2D eigenvalue weighted by Gasteiger charge is 2.29. The highest BCUT2D eigenvalue weighted by Crippen LogP contribution is 2.22. The Hall–Kier alpha value is -3.43. The summed E-state index contributed by atoms with van der Waals surface area (Å²) in [5.41, 5.74) is 2.46. The quantitative estimate of drug-likeness (QED) is 0.601. The van der Waals surface area contributed by atoms with Gasteiger partial charge in [-0.25, -0.2) is 9.59 Å². The maximum Gasteiger partial charge on any atom is 0.414 e. The molecule has 0 saturated carbocycles. The Morgan fingerprint density at radius 2 is 1.43 bits per heavy atom. The monoisotopic (exact) mass is 484 g/mol. The van der Waals surface area contributed by atoms with Crippen molar-refractivity contribution in [3.8, 4) is 5.75 Å². The van der Waals surface area contributed by atoms with Crippen LogP contribution in [0.2, 0.25) is 0 Å². The Balaban J connectivity index is 0.000000509. The van der Waals surface area contributed by atoms with Gasteiger partial charge in [-0.05, 0) is 49.2 Å². The van der Waals surface area contributed by atoms with Crippen LogP contribution in [0.1, 0.15) is 24.0 Å². The predicted molar refractivity (Wildman–Crippen MR) is 128 cm³/mol. The molecule has 188 valence electrons. The van der Waals surface area contributed by atoms with Gasteiger partial charge in [0.2, 0.25) is 5.91 Å². The number of hydrogen-bond acceptors (Lipinski definition) is 6. The highest BCUT2D eigenvalue weighted by atomic mass is 16.5. The van der Waals surface area contributed by atoms with E-state index in [1.165, 1.54) is 11.1 Å². The molecule has 0 spiro atoms. The molecule has 2 aliphatic rings. The summed E-state index contributed by atoms with van der Waals surface area (Å²) in [6.45, 7) is 6.32. The second kappa shape index (κ2) is 13.5. The second-order valence-electron chi connectivity index (χ2n) is 8.52. The topological polar surface area (TPSA) is 117 Å². The zero-order valence-corrected chi connectivity index (χ0v) is 19.7. The first-order chi connectivity index (χ1) is 16.9. The summed E-state index contributed by atoms with van der Waals surface area (Å²) in [6, 6.07) is 18.6. The Morgan fingerprint density at radius 3 is 2.00 bits per heavy atom. The van der Waals surface area contributed by atoms with Crippen LogP contribution in [0.5, 0.6) is 5.75 Å². The molecular formula is C26H32N2O7. The zero-order chi connectivity index (χ0) is 25.0. The number of nitrogens with zero attached hydrogens (tertiary/aromatic N) is 2. The van der Waals surface area contributed by atoms with E-state index in [0.29, 0.717) is 25.7 Å². The van der Waals surface area contributed by atoms with Crippen LogP contribution >= 0.6 is 0 Å². The number of hydrogen-bond donors (Lipinski definition) is 2. The lowest BCUT2D eigenvalue weighted by Gasteiger charge is -2.35. The van der Waals surface area contributed by atoms with Crippen LogP contribution in [-0.2, 0) is 32.3 Å².